The van der Waals surface area contributed by atoms with Gasteiger partial charge < -0.3 is 19.3 Å². The molecule has 0 aliphatic carbocycles. The van der Waals surface area contributed by atoms with E-state index >= 15 is 0 Å². The highest BCUT2D eigenvalue weighted by atomic mass is 32.1. The number of thiophene rings is 1. The summed E-state index contributed by atoms with van der Waals surface area (Å²) in [6, 6.07) is 10.9. The summed E-state index contributed by atoms with van der Waals surface area (Å²) in [5, 5.41) is 6.97. The van der Waals surface area contributed by atoms with Crippen molar-refractivity contribution in [3.63, 3.8) is 0 Å². The Kier molecular flexibility index (Phi) is 5.56. The van der Waals surface area contributed by atoms with E-state index < -0.39 is 11.9 Å². The molecule has 2 heterocycles. The Morgan fingerprint density at radius 1 is 1.22 bits per heavy atom. The minimum Gasteiger partial charge on any atom is -0.489 e. The number of methoxy groups -OCH3 is 1. The number of amides is 1. The minimum atomic E-state index is -0.515. The first kappa shape index (κ1) is 18.7. The Balaban J connectivity index is 1.79. The average Bonchev–Trinajstić information content (AvgIpc) is 3.22. The van der Waals surface area contributed by atoms with Crippen LogP contribution in [0.4, 0.5) is 5.00 Å². The molecular weight excluding hydrogens is 368 g/mol. The van der Waals surface area contributed by atoms with Gasteiger partial charge in [0.05, 0.1) is 18.2 Å². The van der Waals surface area contributed by atoms with Crippen molar-refractivity contribution < 1.29 is 23.6 Å². The number of esters is 1. The molecule has 0 bridgehead atoms. The average molecular weight is 386 g/mol. The Bertz CT molecular complexity index is 962. The lowest BCUT2D eigenvalue weighted by molar-refractivity contribution is 0.0602. The van der Waals surface area contributed by atoms with Gasteiger partial charge in [-0.15, -0.1) is 11.3 Å². The van der Waals surface area contributed by atoms with E-state index in [4.69, 9.17) is 14.0 Å². The zero-order chi connectivity index (χ0) is 19.4. The number of benzene rings is 1. The van der Waals surface area contributed by atoms with Crippen molar-refractivity contribution in [3.05, 3.63) is 63.9 Å². The van der Waals surface area contributed by atoms with E-state index in [1.807, 2.05) is 37.3 Å². The Morgan fingerprint density at radius 3 is 2.67 bits per heavy atom. The number of carbonyl (C=O) groups is 2. The van der Waals surface area contributed by atoms with Gasteiger partial charge in [0.15, 0.2) is 5.69 Å². The topological polar surface area (TPSA) is 90.7 Å². The second kappa shape index (κ2) is 8.05. The molecular formula is C19H18N2O5S. The van der Waals surface area contributed by atoms with Crippen LogP contribution in [0.5, 0.6) is 5.75 Å². The second-order valence-electron chi connectivity index (χ2n) is 5.71. The molecule has 0 spiro atoms. The first-order valence-corrected chi connectivity index (χ1v) is 8.94. The van der Waals surface area contributed by atoms with Crippen LogP contribution >= 0.6 is 11.3 Å². The number of nitrogens with one attached hydrogen (secondary N) is 1. The molecule has 3 rings (SSSR count). The molecule has 0 atom stereocenters. The smallest absolute Gasteiger partial charge is 0.340 e. The maximum atomic E-state index is 12.7. The number of aromatic nitrogens is 1. The molecule has 7 nitrogen and oxygen atoms in total. The van der Waals surface area contributed by atoms with Gasteiger partial charge in [0.25, 0.3) is 5.91 Å². The van der Waals surface area contributed by atoms with Gasteiger partial charge in [-0.1, -0.05) is 23.4 Å². The highest BCUT2D eigenvalue weighted by Crippen LogP contribution is 2.29. The predicted molar refractivity (Wildman–Crippen MR) is 100 cm³/mol. The molecule has 1 amide bonds. The number of nitrogens with zero attached hydrogens (tertiary/aromatic N) is 1. The van der Waals surface area contributed by atoms with Crippen LogP contribution in [0.15, 0.2) is 40.9 Å². The van der Waals surface area contributed by atoms with Gasteiger partial charge in [0.2, 0.25) is 0 Å². The van der Waals surface area contributed by atoms with Crippen LogP contribution < -0.4 is 10.1 Å². The molecule has 0 saturated heterocycles. The summed E-state index contributed by atoms with van der Waals surface area (Å²) in [5.74, 6) is 0.169. The molecule has 8 heteroatoms. The number of anilines is 1. The second-order valence-corrected chi connectivity index (χ2v) is 6.97. The first-order chi connectivity index (χ1) is 13.0. The summed E-state index contributed by atoms with van der Waals surface area (Å²) in [7, 11) is 1.29. The third-order valence-corrected chi connectivity index (χ3v) is 4.78. The molecule has 2 aromatic heterocycles. The Labute approximate surface area is 159 Å². The molecule has 140 valence electrons. The molecule has 0 unspecified atom stereocenters. The summed E-state index contributed by atoms with van der Waals surface area (Å²) >= 11 is 1.28. The van der Waals surface area contributed by atoms with Crippen molar-refractivity contribution in [2.24, 2.45) is 0 Å². The summed E-state index contributed by atoms with van der Waals surface area (Å²) in [6.45, 7) is 3.68. The Morgan fingerprint density at radius 2 is 1.96 bits per heavy atom. The van der Waals surface area contributed by atoms with E-state index in [0.717, 1.165) is 4.88 Å². The van der Waals surface area contributed by atoms with E-state index in [9.17, 15) is 9.59 Å². The number of rotatable bonds is 6. The van der Waals surface area contributed by atoms with E-state index in [1.165, 1.54) is 18.4 Å². The molecule has 0 saturated carbocycles. The molecule has 0 fully saturated rings. The van der Waals surface area contributed by atoms with Gasteiger partial charge in [-0.3, -0.25) is 4.79 Å². The van der Waals surface area contributed by atoms with Gasteiger partial charge in [-0.05, 0) is 32.0 Å². The van der Waals surface area contributed by atoms with Crippen LogP contribution in [-0.4, -0.2) is 24.1 Å². The maximum Gasteiger partial charge on any atom is 0.340 e. The molecule has 0 aliphatic heterocycles. The normalized spacial score (nSPS) is 10.5. The fraction of sp³-hybridized carbons (Fsp3) is 0.211. The predicted octanol–water partition coefficient (Wildman–Crippen LogP) is 3.97. The van der Waals surface area contributed by atoms with Gasteiger partial charge in [-0.25, -0.2) is 4.79 Å². The van der Waals surface area contributed by atoms with Crippen molar-refractivity contribution in [2.75, 3.05) is 12.4 Å². The quantitative estimate of drug-likeness (QED) is 0.645. The molecule has 0 aliphatic rings. The van der Waals surface area contributed by atoms with Crippen LogP contribution in [-0.2, 0) is 11.3 Å². The third kappa shape index (κ3) is 4.17. The summed E-state index contributed by atoms with van der Waals surface area (Å²) in [4.78, 5) is 25.4. The largest absolute Gasteiger partial charge is 0.489 e. The summed E-state index contributed by atoms with van der Waals surface area (Å²) in [5.41, 5.74) is 0.963. The van der Waals surface area contributed by atoms with Crippen LogP contribution in [0, 0.1) is 13.8 Å². The van der Waals surface area contributed by atoms with E-state index in [-0.39, 0.29) is 12.3 Å². The van der Waals surface area contributed by atoms with Crippen LogP contribution in [0.25, 0.3) is 0 Å². The fourth-order valence-electron chi connectivity index (χ4n) is 2.44. The van der Waals surface area contributed by atoms with E-state index in [2.05, 4.69) is 10.5 Å². The minimum absolute atomic E-state index is 0.116. The molecule has 27 heavy (non-hydrogen) atoms. The molecule has 1 aromatic carbocycles. The molecule has 3 aromatic rings. The molecule has 0 radical (unpaired) electrons. The van der Waals surface area contributed by atoms with Crippen LogP contribution in [0.1, 0.15) is 37.0 Å². The van der Waals surface area contributed by atoms with Crippen LogP contribution in [0.2, 0.25) is 0 Å². The SMILES string of the molecule is COC(=O)c1cc(C)sc1NC(=O)c1noc(C)c1COc1ccccc1. The third-order valence-electron chi connectivity index (χ3n) is 3.81. The number of carbonyl (C=O) groups excluding carboxylic acids is 2. The molecule has 1 N–H and O–H groups in total. The Hall–Kier alpha value is -3.13. The number of para-hydroxylation sites is 1. The lowest BCUT2D eigenvalue weighted by Crippen LogP contribution is -2.16. The lowest BCUT2D eigenvalue weighted by Gasteiger charge is -2.07. The fourth-order valence-corrected chi connectivity index (χ4v) is 3.34. The number of aryl methyl sites for hydroxylation is 2. The maximum absolute atomic E-state index is 12.7. The summed E-state index contributed by atoms with van der Waals surface area (Å²) < 4.78 is 15.6. The highest BCUT2D eigenvalue weighted by molar-refractivity contribution is 7.16. The van der Waals surface area contributed by atoms with Gasteiger partial charge in [0, 0.05) is 4.88 Å². The summed E-state index contributed by atoms with van der Waals surface area (Å²) in [6.07, 6.45) is 0. The lowest BCUT2D eigenvalue weighted by atomic mass is 10.2. The zero-order valence-electron chi connectivity index (χ0n) is 15.1. The van der Waals surface area contributed by atoms with Crippen molar-refractivity contribution >= 4 is 28.2 Å². The van der Waals surface area contributed by atoms with Crippen LogP contribution in [0.3, 0.4) is 0 Å². The first-order valence-electron chi connectivity index (χ1n) is 8.12. The number of ether oxygens (including phenoxy) is 2. The number of hydrogen-bond acceptors (Lipinski definition) is 7. The van der Waals surface area contributed by atoms with E-state index in [1.54, 1.807) is 13.0 Å². The zero-order valence-corrected chi connectivity index (χ0v) is 15.9. The van der Waals surface area contributed by atoms with Gasteiger partial charge >= 0.3 is 5.97 Å². The standard InChI is InChI=1S/C19H18N2O5S/c1-11-9-14(19(23)24-3)18(27-11)20-17(22)16-15(12(2)26-21-16)10-25-13-7-5-4-6-8-13/h4-9H,10H2,1-3H3,(H,20,22). The van der Waals surface area contributed by atoms with Crippen molar-refractivity contribution in [1.29, 1.82) is 0 Å². The monoisotopic (exact) mass is 386 g/mol. The highest BCUT2D eigenvalue weighted by Gasteiger charge is 2.23. The van der Waals surface area contributed by atoms with Gasteiger partial charge in [0.1, 0.15) is 23.1 Å². The van der Waals surface area contributed by atoms with Gasteiger partial charge in [-0.2, -0.15) is 0 Å². The van der Waals surface area contributed by atoms with Crippen molar-refractivity contribution in [3.8, 4) is 5.75 Å². The van der Waals surface area contributed by atoms with E-state index in [0.29, 0.717) is 27.6 Å². The number of hydrogen-bond donors (Lipinski definition) is 1. The van der Waals surface area contributed by atoms with Crippen molar-refractivity contribution in [2.45, 2.75) is 20.5 Å². The van der Waals surface area contributed by atoms with Crippen molar-refractivity contribution in [1.82, 2.24) is 5.16 Å².